The smallest absolute Gasteiger partial charge is 0.254 e. The van der Waals surface area contributed by atoms with Crippen LogP contribution in [0.4, 0.5) is 0 Å². The maximum atomic E-state index is 13.2. The summed E-state index contributed by atoms with van der Waals surface area (Å²) in [5.41, 5.74) is -0.338. The quantitative estimate of drug-likeness (QED) is 0.290. The van der Waals surface area contributed by atoms with Crippen molar-refractivity contribution in [3.63, 3.8) is 0 Å². The average Bonchev–Trinajstić information content (AvgIpc) is 3.23. The van der Waals surface area contributed by atoms with Gasteiger partial charge in [0.1, 0.15) is 0 Å². The van der Waals surface area contributed by atoms with Gasteiger partial charge in [0.05, 0.1) is 5.52 Å². The second kappa shape index (κ2) is 10.3. The van der Waals surface area contributed by atoms with Crippen molar-refractivity contribution in [3.8, 4) is 0 Å². The third-order valence-electron chi connectivity index (χ3n) is 5.67. The standard InChI is InChI=1S/C29H23NO2P2/c31-27-21-22-28(32)30(27)29(33(23-13-5-1-6-14-23)24-15-7-2-8-16-24)34(25-17-9-3-10-18-25)26-19-11-4-12-20-26/h1-22,29H. The molecule has 3 nitrogen and oxygen atoms in total. The van der Waals surface area contributed by atoms with Gasteiger partial charge in [0.2, 0.25) is 0 Å². The fraction of sp³-hybridized carbons (Fsp3) is 0.0345. The first-order valence-corrected chi connectivity index (χ1v) is 13.9. The molecule has 5 rings (SSSR count). The van der Waals surface area contributed by atoms with Gasteiger partial charge in [-0.3, -0.25) is 14.5 Å². The lowest BCUT2D eigenvalue weighted by Crippen LogP contribution is -2.44. The molecule has 0 unspecified atom stereocenters. The summed E-state index contributed by atoms with van der Waals surface area (Å²) in [7, 11) is -2.18. The van der Waals surface area contributed by atoms with Crippen molar-refractivity contribution in [1.29, 1.82) is 0 Å². The van der Waals surface area contributed by atoms with Crippen molar-refractivity contribution in [1.82, 2.24) is 4.90 Å². The predicted octanol–water partition coefficient (Wildman–Crippen LogP) is 4.46. The van der Waals surface area contributed by atoms with Crippen LogP contribution in [0.3, 0.4) is 0 Å². The van der Waals surface area contributed by atoms with Crippen LogP contribution in [0.15, 0.2) is 133 Å². The van der Waals surface area contributed by atoms with E-state index in [9.17, 15) is 9.59 Å². The van der Waals surface area contributed by atoms with E-state index in [0.29, 0.717) is 0 Å². The van der Waals surface area contributed by atoms with Gasteiger partial charge in [0.15, 0.2) is 0 Å². The molecule has 0 N–H and O–H groups in total. The zero-order valence-electron chi connectivity index (χ0n) is 18.4. The first-order valence-electron chi connectivity index (χ1n) is 11.1. The van der Waals surface area contributed by atoms with E-state index in [1.54, 1.807) is 0 Å². The van der Waals surface area contributed by atoms with Gasteiger partial charge in [-0.05, 0) is 37.1 Å². The van der Waals surface area contributed by atoms with Crippen LogP contribution in [0.5, 0.6) is 0 Å². The van der Waals surface area contributed by atoms with E-state index < -0.39 is 15.8 Å². The van der Waals surface area contributed by atoms with Gasteiger partial charge >= 0.3 is 0 Å². The lowest BCUT2D eigenvalue weighted by atomic mass is 10.4. The highest BCUT2D eigenvalue weighted by atomic mass is 31.2. The third kappa shape index (κ3) is 4.50. The van der Waals surface area contributed by atoms with E-state index in [1.165, 1.54) is 17.1 Å². The average molecular weight is 479 g/mol. The topological polar surface area (TPSA) is 37.4 Å². The summed E-state index contributed by atoms with van der Waals surface area (Å²) in [6.07, 6.45) is 2.81. The van der Waals surface area contributed by atoms with Gasteiger partial charge in [-0.15, -0.1) is 0 Å². The Balaban J connectivity index is 1.79. The van der Waals surface area contributed by atoms with E-state index in [-0.39, 0.29) is 17.3 Å². The lowest BCUT2D eigenvalue weighted by Gasteiger charge is -2.40. The van der Waals surface area contributed by atoms with Crippen molar-refractivity contribution in [2.24, 2.45) is 0 Å². The van der Waals surface area contributed by atoms with Crippen LogP contribution in [-0.2, 0) is 9.59 Å². The molecule has 0 bridgehead atoms. The predicted molar refractivity (Wildman–Crippen MR) is 143 cm³/mol. The molecule has 0 radical (unpaired) electrons. The number of nitrogens with zero attached hydrogens (tertiary/aromatic N) is 1. The molecule has 4 aromatic carbocycles. The first kappa shape index (κ1) is 22.4. The Labute approximate surface area is 202 Å². The highest BCUT2D eigenvalue weighted by Gasteiger charge is 2.43. The summed E-state index contributed by atoms with van der Waals surface area (Å²) in [6, 6.07) is 41.2. The number of hydrogen-bond donors (Lipinski definition) is 0. The van der Waals surface area contributed by atoms with Gasteiger partial charge in [-0.25, -0.2) is 0 Å². The highest BCUT2D eigenvalue weighted by molar-refractivity contribution is 7.89. The Kier molecular flexibility index (Phi) is 6.77. The number of benzene rings is 4. The minimum Gasteiger partial charge on any atom is -0.269 e. The molecular formula is C29H23NO2P2. The fourth-order valence-corrected chi connectivity index (χ4v) is 11.2. The maximum Gasteiger partial charge on any atom is 0.254 e. The maximum absolute atomic E-state index is 13.2. The first-order chi connectivity index (χ1) is 16.7. The molecule has 0 spiro atoms. The summed E-state index contributed by atoms with van der Waals surface area (Å²) in [4.78, 5) is 27.9. The molecule has 2 amide bonds. The molecule has 0 aromatic heterocycles. The summed E-state index contributed by atoms with van der Waals surface area (Å²) >= 11 is 0. The van der Waals surface area contributed by atoms with Crippen molar-refractivity contribution < 1.29 is 9.59 Å². The lowest BCUT2D eigenvalue weighted by molar-refractivity contribution is -0.136. The number of imide groups is 1. The van der Waals surface area contributed by atoms with Crippen molar-refractivity contribution in [2.45, 2.75) is 5.52 Å². The molecular weight excluding hydrogens is 456 g/mol. The Bertz CT molecular complexity index is 1120. The van der Waals surface area contributed by atoms with Crippen LogP contribution in [0.2, 0.25) is 0 Å². The molecule has 34 heavy (non-hydrogen) atoms. The fourth-order valence-electron chi connectivity index (χ4n) is 4.17. The van der Waals surface area contributed by atoms with Crippen molar-refractivity contribution in [2.75, 3.05) is 0 Å². The Hall–Kier alpha value is -3.38. The second-order valence-corrected chi connectivity index (χ2v) is 12.7. The molecule has 0 saturated carbocycles. The SMILES string of the molecule is O=C1C=CC(=O)N1C(P(c1ccccc1)c1ccccc1)P(c1ccccc1)c1ccccc1. The molecule has 5 heteroatoms. The third-order valence-corrected chi connectivity index (χ3v) is 11.9. The largest absolute Gasteiger partial charge is 0.269 e. The van der Waals surface area contributed by atoms with Gasteiger partial charge < -0.3 is 0 Å². The summed E-state index contributed by atoms with van der Waals surface area (Å²) < 4.78 is 0. The molecule has 4 aromatic rings. The Morgan fingerprint density at radius 1 is 0.441 bits per heavy atom. The normalized spacial score (nSPS) is 13.4. The summed E-state index contributed by atoms with van der Waals surface area (Å²) in [5.74, 6) is -0.484. The van der Waals surface area contributed by atoms with E-state index >= 15 is 0 Å². The summed E-state index contributed by atoms with van der Waals surface area (Å²) in [5, 5.41) is 4.56. The van der Waals surface area contributed by atoms with Crippen LogP contribution >= 0.6 is 15.8 Å². The number of carbonyl (C=O) groups is 2. The molecule has 166 valence electrons. The number of amides is 2. The zero-order chi connectivity index (χ0) is 23.3. The minimum absolute atomic E-state index is 0.242. The number of hydrogen-bond acceptors (Lipinski definition) is 2. The van der Waals surface area contributed by atoms with Crippen LogP contribution in [0.1, 0.15) is 0 Å². The molecule has 0 aliphatic carbocycles. The van der Waals surface area contributed by atoms with Gasteiger partial charge in [0.25, 0.3) is 11.8 Å². The minimum atomic E-state index is -1.09. The zero-order valence-corrected chi connectivity index (χ0v) is 20.2. The van der Waals surface area contributed by atoms with Gasteiger partial charge in [0, 0.05) is 12.2 Å². The highest BCUT2D eigenvalue weighted by Crippen LogP contribution is 2.58. The molecule has 1 aliphatic heterocycles. The van der Waals surface area contributed by atoms with Crippen LogP contribution in [0, 0.1) is 0 Å². The van der Waals surface area contributed by atoms with E-state index in [4.69, 9.17) is 0 Å². The number of rotatable bonds is 7. The summed E-state index contributed by atoms with van der Waals surface area (Å²) in [6.45, 7) is 0. The molecule has 0 atom stereocenters. The Morgan fingerprint density at radius 2 is 0.706 bits per heavy atom. The van der Waals surface area contributed by atoms with Gasteiger partial charge in [-0.1, -0.05) is 121 Å². The van der Waals surface area contributed by atoms with Crippen molar-refractivity contribution in [3.05, 3.63) is 133 Å². The van der Waals surface area contributed by atoms with Crippen molar-refractivity contribution >= 4 is 48.9 Å². The molecule has 1 aliphatic rings. The number of carbonyl (C=O) groups excluding carboxylic acids is 2. The second-order valence-electron chi connectivity index (χ2n) is 7.81. The molecule has 0 saturated heterocycles. The van der Waals surface area contributed by atoms with Crippen LogP contribution in [-0.4, -0.2) is 22.2 Å². The van der Waals surface area contributed by atoms with E-state index in [0.717, 1.165) is 21.2 Å². The Morgan fingerprint density at radius 3 is 0.971 bits per heavy atom. The van der Waals surface area contributed by atoms with Crippen LogP contribution in [0.25, 0.3) is 0 Å². The van der Waals surface area contributed by atoms with E-state index in [2.05, 4.69) is 48.5 Å². The van der Waals surface area contributed by atoms with Crippen LogP contribution < -0.4 is 21.2 Å². The molecule has 0 fully saturated rings. The molecule has 1 heterocycles. The monoisotopic (exact) mass is 479 g/mol. The van der Waals surface area contributed by atoms with E-state index in [1.807, 2.05) is 72.8 Å². The van der Waals surface area contributed by atoms with Gasteiger partial charge in [-0.2, -0.15) is 0 Å².